The first kappa shape index (κ1) is 15.4. The van der Waals surface area contributed by atoms with Crippen molar-refractivity contribution in [3.63, 3.8) is 0 Å². The van der Waals surface area contributed by atoms with E-state index in [1.165, 1.54) is 11.3 Å². The van der Waals surface area contributed by atoms with Gasteiger partial charge in [0.2, 0.25) is 0 Å². The lowest BCUT2D eigenvalue weighted by Gasteiger charge is -2.12. The number of hydrogen-bond acceptors (Lipinski definition) is 5. The second-order valence-electron chi connectivity index (χ2n) is 3.94. The largest absolute Gasteiger partial charge is 0.391 e. The highest BCUT2D eigenvalue weighted by Crippen LogP contribution is 2.19. The van der Waals surface area contributed by atoms with Crippen LogP contribution >= 0.6 is 27.3 Å². The Kier molecular flexibility index (Phi) is 6.62. The van der Waals surface area contributed by atoms with Crippen molar-refractivity contribution in [3.8, 4) is 0 Å². The van der Waals surface area contributed by atoms with E-state index in [0.29, 0.717) is 5.84 Å². The molecule has 0 amide bonds. The lowest BCUT2D eigenvalue weighted by Crippen LogP contribution is -2.23. The van der Waals surface area contributed by atoms with Crippen molar-refractivity contribution < 1.29 is 14.7 Å². The van der Waals surface area contributed by atoms with Crippen LogP contribution in [-0.4, -0.2) is 36.4 Å². The van der Waals surface area contributed by atoms with Gasteiger partial charge in [-0.3, -0.25) is 0 Å². The third-order valence-electron chi connectivity index (χ3n) is 1.87. The SMILES string of the molecule is CC(C)OCC(O)CON=C(N)c1cc(Br)cs1. The van der Waals surface area contributed by atoms with Gasteiger partial charge in [0.25, 0.3) is 0 Å². The summed E-state index contributed by atoms with van der Waals surface area (Å²) in [7, 11) is 0. The van der Waals surface area contributed by atoms with Gasteiger partial charge in [-0.15, -0.1) is 11.3 Å². The van der Waals surface area contributed by atoms with Crippen LogP contribution in [0, 0.1) is 0 Å². The summed E-state index contributed by atoms with van der Waals surface area (Å²) in [4.78, 5) is 5.79. The number of nitrogens with two attached hydrogens (primary N) is 1. The first-order chi connectivity index (χ1) is 8.49. The van der Waals surface area contributed by atoms with E-state index in [1.807, 2.05) is 25.3 Å². The highest BCUT2D eigenvalue weighted by atomic mass is 79.9. The van der Waals surface area contributed by atoms with Gasteiger partial charge in [-0.1, -0.05) is 5.16 Å². The molecule has 1 unspecified atom stereocenters. The lowest BCUT2D eigenvalue weighted by atomic mass is 10.4. The Morgan fingerprint density at radius 1 is 1.56 bits per heavy atom. The summed E-state index contributed by atoms with van der Waals surface area (Å²) >= 11 is 4.79. The van der Waals surface area contributed by atoms with Crippen molar-refractivity contribution >= 4 is 33.1 Å². The van der Waals surface area contributed by atoms with E-state index in [-0.39, 0.29) is 19.3 Å². The van der Waals surface area contributed by atoms with Gasteiger partial charge in [-0.2, -0.15) is 0 Å². The molecule has 1 heterocycles. The highest BCUT2D eigenvalue weighted by Gasteiger charge is 2.07. The van der Waals surface area contributed by atoms with Crippen molar-refractivity contribution in [2.24, 2.45) is 10.9 Å². The van der Waals surface area contributed by atoms with Gasteiger partial charge < -0.3 is 20.4 Å². The summed E-state index contributed by atoms with van der Waals surface area (Å²) in [6.45, 7) is 4.08. The molecule has 1 atom stereocenters. The molecule has 0 radical (unpaired) electrons. The molecule has 18 heavy (non-hydrogen) atoms. The number of aliphatic hydroxyl groups excluding tert-OH is 1. The maximum Gasteiger partial charge on any atom is 0.180 e. The average molecular weight is 337 g/mol. The monoisotopic (exact) mass is 336 g/mol. The molecule has 5 nitrogen and oxygen atoms in total. The molecule has 0 aromatic carbocycles. The van der Waals surface area contributed by atoms with Crippen LogP contribution in [0.3, 0.4) is 0 Å². The van der Waals surface area contributed by atoms with Gasteiger partial charge in [0.1, 0.15) is 12.7 Å². The Bertz CT molecular complexity index is 395. The number of amidine groups is 1. The molecule has 0 spiro atoms. The van der Waals surface area contributed by atoms with Crippen molar-refractivity contribution in [3.05, 3.63) is 20.8 Å². The van der Waals surface area contributed by atoms with Gasteiger partial charge in [-0.05, 0) is 35.8 Å². The maximum absolute atomic E-state index is 9.52. The topological polar surface area (TPSA) is 77.1 Å². The number of hydrogen-bond donors (Lipinski definition) is 2. The second-order valence-corrected chi connectivity index (χ2v) is 5.76. The first-order valence-corrected chi connectivity index (χ1v) is 7.15. The number of halogens is 1. The number of aliphatic hydroxyl groups is 1. The predicted molar refractivity (Wildman–Crippen MR) is 75.8 cm³/mol. The maximum atomic E-state index is 9.52. The molecule has 0 aliphatic heterocycles. The van der Waals surface area contributed by atoms with Crippen LogP contribution in [-0.2, 0) is 9.57 Å². The predicted octanol–water partition coefficient (Wildman–Crippen LogP) is 1.93. The van der Waals surface area contributed by atoms with Gasteiger partial charge in [0.15, 0.2) is 5.84 Å². The molecular weight excluding hydrogens is 320 g/mol. The van der Waals surface area contributed by atoms with E-state index >= 15 is 0 Å². The molecule has 7 heteroatoms. The van der Waals surface area contributed by atoms with Crippen molar-refractivity contribution in [2.75, 3.05) is 13.2 Å². The molecule has 0 fully saturated rings. The number of nitrogens with zero attached hydrogens (tertiary/aromatic N) is 1. The van der Waals surface area contributed by atoms with E-state index in [4.69, 9.17) is 15.3 Å². The summed E-state index contributed by atoms with van der Waals surface area (Å²) < 4.78 is 6.19. The molecule has 3 N–H and O–H groups in total. The minimum absolute atomic E-state index is 0.0555. The van der Waals surface area contributed by atoms with E-state index in [9.17, 15) is 5.11 Å². The van der Waals surface area contributed by atoms with Crippen LogP contribution in [0.2, 0.25) is 0 Å². The van der Waals surface area contributed by atoms with Crippen LogP contribution in [0.1, 0.15) is 18.7 Å². The fourth-order valence-corrected chi connectivity index (χ4v) is 2.36. The fourth-order valence-electron chi connectivity index (χ4n) is 1.04. The van der Waals surface area contributed by atoms with Gasteiger partial charge in [0, 0.05) is 9.85 Å². The van der Waals surface area contributed by atoms with Gasteiger partial charge in [0.05, 0.1) is 17.6 Å². The van der Waals surface area contributed by atoms with E-state index in [0.717, 1.165) is 9.35 Å². The van der Waals surface area contributed by atoms with Crippen LogP contribution in [0.15, 0.2) is 21.1 Å². The Morgan fingerprint density at radius 2 is 2.28 bits per heavy atom. The van der Waals surface area contributed by atoms with Gasteiger partial charge in [-0.25, -0.2) is 0 Å². The summed E-state index contributed by atoms with van der Waals surface area (Å²) in [5.41, 5.74) is 5.72. The zero-order valence-electron chi connectivity index (χ0n) is 10.3. The van der Waals surface area contributed by atoms with E-state index < -0.39 is 6.10 Å². The molecule has 0 aliphatic rings. The summed E-state index contributed by atoms with van der Waals surface area (Å²) in [5, 5.41) is 15.2. The summed E-state index contributed by atoms with van der Waals surface area (Å²) in [5.74, 6) is 0.294. The van der Waals surface area contributed by atoms with Crippen molar-refractivity contribution in [1.29, 1.82) is 0 Å². The second kappa shape index (κ2) is 7.73. The van der Waals surface area contributed by atoms with Crippen LogP contribution < -0.4 is 5.73 Å². The van der Waals surface area contributed by atoms with Crippen LogP contribution in [0.25, 0.3) is 0 Å². The number of thiophene rings is 1. The minimum Gasteiger partial charge on any atom is -0.391 e. The first-order valence-electron chi connectivity index (χ1n) is 5.48. The molecular formula is C11H17BrN2O3S. The highest BCUT2D eigenvalue weighted by molar-refractivity contribution is 9.10. The lowest BCUT2D eigenvalue weighted by molar-refractivity contribution is -0.0346. The average Bonchev–Trinajstić information content (AvgIpc) is 2.73. The zero-order chi connectivity index (χ0) is 13.5. The molecule has 102 valence electrons. The third kappa shape index (κ3) is 5.81. The third-order valence-corrected chi connectivity index (χ3v) is 3.59. The van der Waals surface area contributed by atoms with E-state index in [2.05, 4.69) is 21.1 Å². The zero-order valence-corrected chi connectivity index (χ0v) is 12.7. The fraction of sp³-hybridized carbons (Fsp3) is 0.545. The summed E-state index contributed by atoms with van der Waals surface area (Å²) in [6.07, 6.45) is -0.629. The van der Waals surface area contributed by atoms with Gasteiger partial charge >= 0.3 is 0 Å². The molecule has 0 bridgehead atoms. The van der Waals surface area contributed by atoms with Crippen molar-refractivity contribution in [2.45, 2.75) is 26.1 Å². The van der Waals surface area contributed by atoms with Crippen LogP contribution in [0.5, 0.6) is 0 Å². The summed E-state index contributed by atoms with van der Waals surface area (Å²) in [6, 6.07) is 1.85. The number of ether oxygens (including phenoxy) is 1. The van der Waals surface area contributed by atoms with Crippen molar-refractivity contribution in [1.82, 2.24) is 0 Å². The quantitative estimate of drug-likeness (QED) is 0.453. The minimum atomic E-state index is -0.709. The molecule has 1 aromatic rings. The molecule has 0 saturated heterocycles. The molecule has 0 saturated carbocycles. The standard InChI is InChI=1S/C11H17BrN2O3S/c1-7(2)16-4-9(15)5-17-14-11(13)10-3-8(12)6-18-10/h3,6-7,9,15H,4-5H2,1-2H3,(H2,13,14). The molecule has 1 aromatic heterocycles. The Labute approximate surface area is 119 Å². The Hall–Kier alpha value is -0.630. The Balaban J connectivity index is 2.31. The Morgan fingerprint density at radius 3 is 2.83 bits per heavy atom. The van der Waals surface area contributed by atoms with Crippen LogP contribution in [0.4, 0.5) is 0 Å². The smallest absolute Gasteiger partial charge is 0.180 e. The molecule has 1 rings (SSSR count). The normalized spacial score (nSPS) is 13.9. The van der Waals surface area contributed by atoms with E-state index in [1.54, 1.807) is 0 Å². The number of rotatable bonds is 7. The number of oxime groups is 1. The molecule has 0 aliphatic carbocycles.